The second-order valence-corrected chi connectivity index (χ2v) is 9.76. The second-order valence-electron chi connectivity index (χ2n) is 8.71. The van der Waals surface area contributed by atoms with E-state index in [1.54, 1.807) is 0 Å². The predicted octanol–water partition coefficient (Wildman–Crippen LogP) is 5.69. The van der Waals surface area contributed by atoms with E-state index in [0.717, 1.165) is 22.2 Å². The van der Waals surface area contributed by atoms with E-state index in [1.165, 1.54) is 43.4 Å². The minimum Gasteiger partial charge on any atom is -0.490 e. The van der Waals surface area contributed by atoms with Crippen LogP contribution in [-0.4, -0.2) is 36.7 Å². The van der Waals surface area contributed by atoms with E-state index in [2.05, 4.69) is 5.32 Å². The molecular weight excluding hydrogens is 450 g/mol. The van der Waals surface area contributed by atoms with Crippen molar-refractivity contribution in [3.8, 4) is 11.5 Å². The molecule has 3 aromatic rings. The number of carboxylic acid groups (broad SMARTS) is 1. The van der Waals surface area contributed by atoms with E-state index in [4.69, 9.17) is 14.6 Å². The minimum atomic E-state index is -0.805. The number of carbonyl (C=O) groups is 2. The van der Waals surface area contributed by atoms with Crippen molar-refractivity contribution < 1.29 is 24.2 Å². The number of carboxylic acids is 1. The summed E-state index contributed by atoms with van der Waals surface area (Å²) < 4.78 is 12.9. The van der Waals surface area contributed by atoms with Crippen molar-refractivity contribution in [2.45, 2.75) is 44.9 Å². The number of fused-ring (bicyclic) bond motifs is 1. The highest BCUT2D eigenvalue weighted by Crippen LogP contribution is 2.38. The standard InChI is InChI=1S/C27H31NO5S/c29-24(30)15-12-19-10-13-21(14-11-19)32-16-17-33-25-22-8-4-5-9-23(22)34-26(25)27(31)28-18-20-6-2-1-3-7-20/h4-5,8-11,13-14,20H,1-3,6-7,12,15-18H2,(H,28,31)(H,29,30). The first kappa shape index (κ1) is 24.1. The summed E-state index contributed by atoms with van der Waals surface area (Å²) in [6, 6.07) is 15.3. The number of rotatable bonds is 11. The number of aliphatic carboxylic acids is 1. The lowest BCUT2D eigenvalue weighted by Gasteiger charge is -2.21. The van der Waals surface area contributed by atoms with Crippen molar-refractivity contribution in [1.82, 2.24) is 5.32 Å². The Hall–Kier alpha value is -3.06. The highest BCUT2D eigenvalue weighted by Gasteiger charge is 2.21. The summed E-state index contributed by atoms with van der Waals surface area (Å²) in [7, 11) is 0. The predicted molar refractivity (Wildman–Crippen MR) is 134 cm³/mol. The van der Waals surface area contributed by atoms with Gasteiger partial charge in [0.05, 0.1) is 0 Å². The molecule has 1 aliphatic rings. The molecule has 2 aromatic carbocycles. The van der Waals surface area contributed by atoms with Gasteiger partial charge in [0.1, 0.15) is 23.8 Å². The molecule has 0 spiro atoms. The Balaban J connectivity index is 1.33. The molecular formula is C27H31NO5S. The fraction of sp³-hybridized carbons (Fsp3) is 0.407. The van der Waals surface area contributed by atoms with Crippen LogP contribution in [0.5, 0.6) is 11.5 Å². The Morgan fingerprint density at radius 2 is 1.71 bits per heavy atom. The van der Waals surface area contributed by atoms with Crippen LogP contribution in [-0.2, 0) is 11.2 Å². The van der Waals surface area contributed by atoms with Crippen LogP contribution in [0, 0.1) is 5.92 Å². The fourth-order valence-electron chi connectivity index (χ4n) is 4.33. The van der Waals surface area contributed by atoms with Gasteiger partial charge < -0.3 is 19.9 Å². The van der Waals surface area contributed by atoms with Crippen LogP contribution < -0.4 is 14.8 Å². The van der Waals surface area contributed by atoms with Crippen molar-refractivity contribution in [1.29, 1.82) is 0 Å². The van der Waals surface area contributed by atoms with Crippen LogP contribution in [0.3, 0.4) is 0 Å². The third kappa shape index (κ3) is 6.50. The second kappa shape index (κ2) is 11.9. The third-order valence-corrected chi connectivity index (χ3v) is 7.33. The van der Waals surface area contributed by atoms with E-state index < -0.39 is 5.97 Å². The maximum atomic E-state index is 13.0. The molecule has 180 valence electrons. The molecule has 0 unspecified atom stereocenters. The van der Waals surface area contributed by atoms with E-state index in [0.29, 0.717) is 41.9 Å². The van der Waals surface area contributed by atoms with Crippen LogP contribution in [0.4, 0.5) is 0 Å². The Morgan fingerprint density at radius 3 is 2.47 bits per heavy atom. The van der Waals surface area contributed by atoms with Gasteiger partial charge in [0, 0.05) is 23.1 Å². The van der Waals surface area contributed by atoms with Crippen LogP contribution in [0.2, 0.25) is 0 Å². The summed E-state index contributed by atoms with van der Waals surface area (Å²) in [5.41, 5.74) is 0.958. The lowest BCUT2D eigenvalue weighted by Crippen LogP contribution is -2.30. The average molecular weight is 482 g/mol. The number of thiophene rings is 1. The summed E-state index contributed by atoms with van der Waals surface area (Å²) in [5.74, 6) is 1.01. The van der Waals surface area contributed by atoms with Gasteiger partial charge in [-0.2, -0.15) is 0 Å². The van der Waals surface area contributed by atoms with Crippen LogP contribution >= 0.6 is 11.3 Å². The summed E-state index contributed by atoms with van der Waals surface area (Å²) in [5, 5.41) is 12.9. The van der Waals surface area contributed by atoms with E-state index in [1.807, 2.05) is 48.5 Å². The topological polar surface area (TPSA) is 84.9 Å². The number of benzene rings is 2. The molecule has 1 aromatic heterocycles. The van der Waals surface area contributed by atoms with Gasteiger partial charge >= 0.3 is 5.97 Å². The van der Waals surface area contributed by atoms with Gasteiger partial charge in [-0.25, -0.2) is 0 Å². The Labute approximate surface area is 203 Å². The first-order chi connectivity index (χ1) is 16.6. The molecule has 1 fully saturated rings. The van der Waals surface area contributed by atoms with Gasteiger partial charge in [-0.05, 0) is 55.0 Å². The number of ether oxygens (including phenoxy) is 2. The number of aryl methyl sites for hydroxylation is 1. The summed E-state index contributed by atoms with van der Waals surface area (Å²) in [4.78, 5) is 24.3. The van der Waals surface area contributed by atoms with Crippen molar-refractivity contribution in [3.05, 3.63) is 59.0 Å². The molecule has 0 atom stereocenters. The zero-order valence-electron chi connectivity index (χ0n) is 19.3. The fourth-order valence-corrected chi connectivity index (χ4v) is 5.39. The number of nitrogens with one attached hydrogen (secondary N) is 1. The van der Waals surface area contributed by atoms with Gasteiger partial charge in [0.15, 0.2) is 5.75 Å². The monoisotopic (exact) mass is 481 g/mol. The molecule has 1 saturated carbocycles. The zero-order chi connectivity index (χ0) is 23.8. The van der Waals surface area contributed by atoms with E-state index in [9.17, 15) is 9.59 Å². The Morgan fingerprint density at radius 1 is 0.971 bits per heavy atom. The molecule has 7 heteroatoms. The van der Waals surface area contributed by atoms with Crippen molar-refractivity contribution in [2.24, 2.45) is 5.92 Å². The highest BCUT2D eigenvalue weighted by molar-refractivity contribution is 7.21. The minimum absolute atomic E-state index is 0.0698. The van der Waals surface area contributed by atoms with Crippen molar-refractivity contribution in [3.63, 3.8) is 0 Å². The quantitative estimate of drug-likeness (QED) is 0.344. The molecule has 0 radical (unpaired) electrons. The number of amides is 1. The molecule has 1 heterocycles. The van der Waals surface area contributed by atoms with Gasteiger partial charge in [-0.3, -0.25) is 9.59 Å². The smallest absolute Gasteiger partial charge is 0.303 e. The molecule has 4 rings (SSSR count). The number of hydrogen-bond donors (Lipinski definition) is 2. The van der Waals surface area contributed by atoms with Crippen LogP contribution in [0.15, 0.2) is 48.5 Å². The molecule has 1 aliphatic carbocycles. The summed E-state index contributed by atoms with van der Waals surface area (Å²) in [6.45, 7) is 1.37. The molecule has 34 heavy (non-hydrogen) atoms. The average Bonchev–Trinajstić information content (AvgIpc) is 3.24. The molecule has 6 nitrogen and oxygen atoms in total. The van der Waals surface area contributed by atoms with E-state index >= 15 is 0 Å². The normalized spacial score (nSPS) is 14.1. The third-order valence-electron chi connectivity index (χ3n) is 6.18. The van der Waals surface area contributed by atoms with Gasteiger partial charge in [-0.15, -0.1) is 11.3 Å². The molecule has 2 N–H and O–H groups in total. The lowest BCUT2D eigenvalue weighted by atomic mass is 9.89. The number of carbonyl (C=O) groups excluding carboxylic acids is 1. The molecule has 0 bridgehead atoms. The summed E-state index contributed by atoms with van der Waals surface area (Å²) in [6.07, 6.45) is 6.79. The SMILES string of the molecule is O=C(O)CCc1ccc(OCCOc2c(C(=O)NCC3CCCCC3)sc3ccccc23)cc1. The van der Waals surface area contributed by atoms with E-state index in [-0.39, 0.29) is 12.3 Å². The lowest BCUT2D eigenvalue weighted by molar-refractivity contribution is -0.136. The molecule has 1 amide bonds. The largest absolute Gasteiger partial charge is 0.490 e. The van der Waals surface area contributed by atoms with Crippen LogP contribution in [0.1, 0.15) is 53.8 Å². The first-order valence-corrected chi connectivity index (χ1v) is 12.8. The van der Waals surface area contributed by atoms with Gasteiger partial charge in [0.2, 0.25) is 0 Å². The zero-order valence-corrected chi connectivity index (χ0v) is 20.1. The first-order valence-electron chi connectivity index (χ1n) is 12.0. The Kier molecular flexibility index (Phi) is 8.41. The highest BCUT2D eigenvalue weighted by atomic mass is 32.1. The molecule has 0 aliphatic heterocycles. The van der Waals surface area contributed by atoms with Crippen LogP contribution in [0.25, 0.3) is 10.1 Å². The van der Waals surface area contributed by atoms with Gasteiger partial charge in [0.25, 0.3) is 5.91 Å². The van der Waals surface area contributed by atoms with Gasteiger partial charge in [-0.1, -0.05) is 43.5 Å². The Bertz CT molecular complexity index is 1100. The number of hydrogen-bond acceptors (Lipinski definition) is 5. The maximum Gasteiger partial charge on any atom is 0.303 e. The van der Waals surface area contributed by atoms with Crippen molar-refractivity contribution >= 4 is 33.3 Å². The van der Waals surface area contributed by atoms with Crippen molar-refractivity contribution in [2.75, 3.05) is 19.8 Å². The summed E-state index contributed by atoms with van der Waals surface area (Å²) >= 11 is 1.46. The maximum absolute atomic E-state index is 13.0. The molecule has 0 saturated heterocycles.